The van der Waals surface area contributed by atoms with E-state index in [-0.39, 0.29) is 11.5 Å². The number of nitrogens with zero attached hydrogens (tertiary/aromatic N) is 4. The zero-order valence-corrected chi connectivity index (χ0v) is 12.9. The van der Waals surface area contributed by atoms with Crippen LogP contribution >= 0.6 is 0 Å². The van der Waals surface area contributed by atoms with Gasteiger partial charge in [0.05, 0.1) is 24.0 Å². The Balaban J connectivity index is 1.88. The largest absolute Gasteiger partial charge is 0.481 e. The molecule has 3 aromatic heterocycles. The molecule has 0 bridgehead atoms. The van der Waals surface area contributed by atoms with E-state index in [4.69, 9.17) is 0 Å². The van der Waals surface area contributed by atoms with Crippen LogP contribution < -0.4 is 5.56 Å². The van der Waals surface area contributed by atoms with Gasteiger partial charge in [-0.25, -0.2) is 9.67 Å². The number of aromatic nitrogens is 5. The lowest BCUT2D eigenvalue weighted by Gasteiger charge is -2.32. The van der Waals surface area contributed by atoms with E-state index in [1.807, 2.05) is 13.0 Å². The van der Waals surface area contributed by atoms with Crippen LogP contribution in [0.5, 0.6) is 0 Å². The number of pyridine rings is 1. The molecule has 3 aromatic rings. The zero-order chi connectivity index (χ0) is 16.8. The van der Waals surface area contributed by atoms with Crippen molar-refractivity contribution in [2.45, 2.75) is 25.7 Å². The summed E-state index contributed by atoms with van der Waals surface area (Å²) in [6.07, 6.45) is 6.11. The van der Waals surface area contributed by atoms with Crippen molar-refractivity contribution in [3.05, 3.63) is 46.4 Å². The molecule has 8 nitrogen and oxygen atoms in total. The first-order valence-corrected chi connectivity index (χ1v) is 7.68. The lowest BCUT2D eigenvalue weighted by atomic mass is 9.73. The summed E-state index contributed by atoms with van der Waals surface area (Å²) in [5, 5.41) is 13.9. The molecule has 8 heteroatoms. The van der Waals surface area contributed by atoms with E-state index in [0.29, 0.717) is 29.7 Å². The molecule has 0 saturated heterocycles. The van der Waals surface area contributed by atoms with Gasteiger partial charge in [0.2, 0.25) is 0 Å². The fourth-order valence-electron chi connectivity index (χ4n) is 3.09. The molecule has 0 amide bonds. The smallest absolute Gasteiger partial charge is 0.307 e. The van der Waals surface area contributed by atoms with Gasteiger partial charge in [-0.2, -0.15) is 5.10 Å². The molecular formula is C16H15N5O3. The average Bonchev–Trinajstić information content (AvgIpc) is 2.90. The molecule has 24 heavy (non-hydrogen) atoms. The Morgan fingerprint density at radius 3 is 2.88 bits per heavy atom. The lowest BCUT2D eigenvalue weighted by Crippen LogP contribution is -2.33. The third-order valence-corrected chi connectivity index (χ3v) is 4.64. The Labute approximate surface area is 136 Å². The first kappa shape index (κ1) is 14.6. The highest BCUT2D eigenvalue weighted by Crippen LogP contribution is 2.41. The first-order valence-electron chi connectivity index (χ1n) is 7.68. The number of fused-ring (bicyclic) bond motifs is 1. The van der Waals surface area contributed by atoms with Crippen LogP contribution in [0.2, 0.25) is 0 Å². The maximum absolute atomic E-state index is 12.3. The summed E-state index contributed by atoms with van der Waals surface area (Å²) in [5.41, 5.74) is 1.80. The van der Waals surface area contributed by atoms with E-state index in [2.05, 4.69) is 20.1 Å². The summed E-state index contributed by atoms with van der Waals surface area (Å²) in [5.74, 6) is -1.21. The molecule has 0 unspecified atom stereocenters. The van der Waals surface area contributed by atoms with Gasteiger partial charge >= 0.3 is 5.97 Å². The van der Waals surface area contributed by atoms with Crippen molar-refractivity contribution in [2.75, 3.05) is 0 Å². The van der Waals surface area contributed by atoms with Crippen LogP contribution in [0.4, 0.5) is 0 Å². The predicted octanol–water partition coefficient (Wildman–Crippen LogP) is 1.39. The first-order chi connectivity index (χ1) is 11.6. The third-order valence-electron chi connectivity index (χ3n) is 4.64. The van der Waals surface area contributed by atoms with Crippen molar-refractivity contribution >= 4 is 17.0 Å². The van der Waals surface area contributed by atoms with Crippen molar-refractivity contribution < 1.29 is 9.90 Å². The van der Waals surface area contributed by atoms with E-state index >= 15 is 0 Å². The Morgan fingerprint density at radius 1 is 1.38 bits per heavy atom. The number of hydrogen-bond donors (Lipinski definition) is 2. The summed E-state index contributed by atoms with van der Waals surface area (Å²) in [6.45, 7) is 1.92. The highest BCUT2D eigenvalue weighted by atomic mass is 16.4. The number of hydrogen-bond acceptors (Lipinski definition) is 5. The van der Waals surface area contributed by atoms with Crippen LogP contribution in [-0.4, -0.2) is 35.8 Å². The maximum atomic E-state index is 12.3. The van der Waals surface area contributed by atoms with Crippen LogP contribution in [-0.2, 0) is 4.79 Å². The number of aryl methyl sites for hydroxylation is 1. The van der Waals surface area contributed by atoms with Crippen molar-refractivity contribution in [2.24, 2.45) is 5.92 Å². The third kappa shape index (κ3) is 2.10. The number of carbonyl (C=O) groups is 1. The van der Waals surface area contributed by atoms with Gasteiger partial charge in [0, 0.05) is 12.1 Å². The fraction of sp³-hybridized carbons (Fsp3) is 0.312. The number of carboxylic acids is 1. The molecule has 3 heterocycles. The van der Waals surface area contributed by atoms with E-state index < -0.39 is 11.9 Å². The molecule has 1 saturated carbocycles. The molecule has 2 atom stereocenters. The predicted molar refractivity (Wildman–Crippen MR) is 85.1 cm³/mol. The summed E-state index contributed by atoms with van der Waals surface area (Å²) in [6, 6.07) is 1.85. The molecule has 0 aliphatic heterocycles. The Bertz CT molecular complexity index is 1010. The maximum Gasteiger partial charge on any atom is 0.307 e. The van der Waals surface area contributed by atoms with Gasteiger partial charge < -0.3 is 10.1 Å². The van der Waals surface area contributed by atoms with Crippen molar-refractivity contribution in [3.8, 4) is 5.69 Å². The van der Waals surface area contributed by atoms with Gasteiger partial charge in [-0.15, -0.1) is 0 Å². The molecular weight excluding hydrogens is 310 g/mol. The summed E-state index contributed by atoms with van der Waals surface area (Å²) in [4.78, 5) is 34.9. The minimum Gasteiger partial charge on any atom is -0.481 e. The van der Waals surface area contributed by atoms with Gasteiger partial charge in [-0.1, -0.05) is 0 Å². The van der Waals surface area contributed by atoms with Gasteiger partial charge in [-0.3, -0.25) is 14.6 Å². The van der Waals surface area contributed by atoms with E-state index in [1.54, 1.807) is 17.1 Å². The quantitative estimate of drug-likeness (QED) is 0.752. The zero-order valence-electron chi connectivity index (χ0n) is 12.9. The van der Waals surface area contributed by atoms with Gasteiger partial charge in [0.1, 0.15) is 11.2 Å². The highest BCUT2D eigenvalue weighted by molar-refractivity contribution is 5.76. The number of rotatable bonds is 3. The normalized spacial score (nSPS) is 20.0. The summed E-state index contributed by atoms with van der Waals surface area (Å²) < 4.78 is 1.57. The van der Waals surface area contributed by atoms with Crippen LogP contribution in [0.25, 0.3) is 16.7 Å². The average molecular weight is 325 g/mol. The Hall–Kier alpha value is -3.03. The summed E-state index contributed by atoms with van der Waals surface area (Å²) in [7, 11) is 0. The van der Waals surface area contributed by atoms with Crippen LogP contribution in [0.1, 0.15) is 30.1 Å². The van der Waals surface area contributed by atoms with E-state index in [9.17, 15) is 14.7 Å². The number of aliphatic carboxylic acids is 1. The lowest BCUT2D eigenvalue weighted by molar-refractivity contribution is -0.145. The second-order valence-corrected chi connectivity index (χ2v) is 6.04. The fourth-order valence-corrected chi connectivity index (χ4v) is 3.09. The number of nitrogens with one attached hydrogen (secondary N) is 1. The molecule has 0 aromatic carbocycles. The van der Waals surface area contributed by atoms with Crippen molar-refractivity contribution in [1.82, 2.24) is 24.7 Å². The van der Waals surface area contributed by atoms with Crippen LogP contribution in [0.3, 0.4) is 0 Å². The molecule has 1 aliphatic carbocycles. The van der Waals surface area contributed by atoms with E-state index in [1.165, 1.54) is 6.20 Å². The van der Waals surface area contributed by atoms with Gasteiger partial charge in [0.15, 0.2) is 5.65 Å². The minimum atomic E-state index is -0.856. The van der Waals surface area contributed by atoms with Crippen molar-refractivity contribution in [3.63, 3.8) is 0 Å². The van der Waals surface area contributed by atoms with Gasteiger partial charge in [0.25, 0.3) is 5.56 Å². The number of H-pyrrole nitrogens is 1. The SMILES string of the molecule is Cc1ccncc1-n1ncc2c(=O)[nH]c([C@@H]3CC[C@H]3C(=O)O)nc21. The molecule has 2 N–H and O–H groups in total. The van der Waals surface area contributed by atoms with E-state index in [0.717, 1.165) is 11.3 Å². The van der Waals surface area contributed by atoms with Gasteiger partial charge in [-0.05, 0) is 31.4 Å². The molecule has 0 spiro atoms. The summed E-state index contributed by atoms with van der Waals surface area (Å²) >= 11 is 0. The number of aromatic amines is 1. The molecule has 122 valence electrons. The molecule has 1 fully saturated rings. The second-order valence-electron chi connectivity index (χ2n) is 6.04. The monoisotopic (exact) mass is 325 g/mol. The molecule has 4 rings (SSSR count). The van der Waals surface area contributed by atoms with Crippen molar-refractivity contribution in [1.29, 1.82) is 0 Å². The van der Waals surface area contributed by atoms with Crippen LogP contribution in [0, 0.1) is 12.8 Å². The number of carboxylic acid groups (broad SMARTS) is 1. The Kier molecular flexibility index (Phi) is 3.19. The highest BCUT2D eigenvalue weighted by Gasteiger charge is 2.39. The molecule has 1 aliphatic rings. The molecule has 0 radical (unpaired) electrons. The standard InChI is InChI=1S/C16H15N5O3/c1-8-4-5-17-7-12(8)21-14-11(6-18-21)15(22)20-13(19-14)9-2-3-10(9)16(23)24/h4-7,9-10H,2-3H2,1H3,(H,23,24)(H,19,20,22)/t9-,10-/m1/s1. The topological polar surface area (TPSA) is 114 Å². The Morgan fingerprint density at radius 2 is 2.21 bits per heavy atom. The van der Waals surface area contributed by atoms with Crippen LogP contribution in [0.15, 0.2) is 29.5 Å². The second kappa shape index (κ2) is 5.26. The minimum absolute atomic E-state index is 0.266.